The van der Waals surface area contributed by atoms with Crippen LogP contribution in [-0.2, 0) is 25.0 Å². The molecule has 0 N–H and O–H groups in total. The molecule has 0 saturated heterocycles. The molecule has 0 radical (unpaired) electrons. The number of hydrogen-bond acceptors (Lipinski definition) is 5. The minimum absolute atomic E-state index is 0.485. The predicted molar refractivity (Wildman–Crippen MR) is 81.7 cm³/mol. The number of rotatable bonds is 0. The SMILES string of the molecule is Cc1nnc2n1-c1sc(C#Cc3cnn(C)c3)cc1COC2. The predicted octanol–water partition coefficient (Wildman–Crippen LogP) is 1.80. The standard InChI is InChI=1S/C15H13N5OS/c1-10-17-18-14-9-21-8-12-5-13(22-15(12)20(10)14)4-3-11-6-16-19(2)7-11/h5-7H,8-9H2,1-2H3. The highest BCUT2D eigenvalue weighted by Crippen LogP contribution is 2.31. The molecule has 0 fully saturated rings. The number of nitrogens with zero attached hydrogens (tertiary/aromatic N) is 5. The van der Waals surface area contributed by atoms with Gasteiger partial charge in [0.2, 0.25) is 0 Å². The third-order valence-corrected chi connectivity index (χ3v) is 4.48. The summed E-state index contributed by atoms with van der Waals surface area (Å²) < 4.78 is 9.46. The highest BCUT2D eigenvalue weighted by atomic mass is 32.1. The molecule has 0 aromatic carbocycles. The summed E-state index contributed by atoms with van der Waals surface area (Å²) in [6.07, 6.45) is 3.66. The average Bonchev–Trinajstić information content (AvgIpc) is 3.15. The maximum atomic E-state index is 5.66. The number of thiophene rings is 1. The number of ether oxygens (including phenoxy) is 1. The van der Waals surface area contributed by atoms with Crippen molar-refractivity contribution in [3.63, 3.8) is 0 Å². The maximum Gasteiger partial charge on any atom is 0.164 e. The summed E-state index contributed by atoms with van der Waals surface area (Å²) in [5, 5.41) is 13.5. The molecule has 4 rings (SSSR count). The van der Waals surface area contributed by atoms with E-state index in [-0.39, 0.29) is 0 Å². The zero-order chi connectivity index (χ0) is 15.1. The Morgan fingerprint density at radius 2 is 2.18 bits per heavy atom. The van der Waals surface area contributed by atoms with Crippen LogP contribution in [0.3, 0.4) is 0 Å². The van der Waals surface area contributed by atoms with E-state index in [2.05, 4.69) is 37.8 Å². The number of hydrogen-bond donors (Lipinski definition) is 0. The van der Waals surface area contributed by atoms with Gasteiger partial charge in [0.1, 0.15) is 17.4 Å². The Bertz CT molecular complexity index is 908. The van der Waals surface area contributed by atoms with Crippen molar-refractivity contribution in [3.8, 4) is 16.8 Å². The Kier molecular flexibility index (Phi) is 3.06. The van der Waals surface area contributed by atoms with Crippen LogP contribution < -0.4 is 0 Å². The second-order valence-electron chi connectivity index (χ2n) is 5.09. The van der Waals surface area contributed by atoms with Crippen LogP contribution in [-0.4, -0.2) is 24.5 Å². The Labute approximate surface area is 131 Å². The lowest BCUT2D eigenvalue weighted by Crippen LogP contribution is -2.00. The van der Waals surface area contributed by atoms with Gasteiger partial charge in [-0.1, -0.05) is 11.8 Å². The fourth-order valence-electron chi connectivity index (χ4n) is 2.41. The summed E-state index contributed by atoms with van der Waals surface area (Å²) >= 11 is 1.64. The Morgan fingerprint density at radius 3 is 3.00 bits per heavy atom. The van der Waals surface area contributed by atoms with Gasteiger partial charge in [0, 0.05) is 18.8 Å². The Morgan fingerprint density at radius 1 is 1.27 bits per heavy atom. The Balaban J connectivity index is 1.75. The highest BCUT2D eigenvalue weighted by Gasteiger charge is 2.20. The molecule has 0 bridgehead atoms. The molecule has 4 heterocycles. The van der Waals surface area contributed by atoms with E-state index >= 15 is 0 Å². The van der Waals surface area contributed by atoms with E-state index in [9.17, 15) is 0 Å². The van der Waals surface area contributed by atoms with Gasteiger partial charge in [0.05, 0.1) is 23.2 Å². The van der Waals surface area contributed by atoms with Crippen LogP contribution in [0, 0.1) is 18.8 Å². The quantitative estimate of drug-likeness (QED) is 0.594. The van der Waals surface area contributed by atoms with Crippen molar-refractivity contribution in [1.82, 2.24) is 24.5 Å². The second-order valence-corrected chi connectivity index (χ2v) is 6.12. The molecule has 22 heavy (non-hydrogen) atoms. The number of aryl methyl sites for hydroxylation is 2. The summed E-state index contributed by atoms with van der Waals surface area (Å²) in [7, 11) is 1.88. The molecule has 1 aliphatic heterocycles. The first-order chi connectivity index (χ1) is 10.7. The van der Waals surface area contributed by atoms with E-state index in [1.54, 1.807) is 22.2 Å². The lowest BCUT2D eigenvalue weighted by atomic mass is 10.3. The lowest BCUT2D eigenvalue weighted by molar-refractivity contribution is 0.105. The van der Waals surface area contributed by atoms with Crippen LogP contribution in [0.4, 0.5) is 0 Å². The largest absolute Gasteiger partial charge is 0.369 e. The minimum atomic E-state index is 0.485. The molecule has 0 atom stereocenters. The van der Waals surface area contributed by atoms with Gasteiger partial charge in [-0.15, -0.1) is 21.5 Å². The fraction of sp³-hybridized carbons (Fsp3) is 0.267. The van der Waals surface area contributed by atoms with Crippen molar-refractivity contribution in [2.45, 2.75) is 20.1 Å². The van der Waals surface area contributed by atoms with Gasteiger partial charge in [-0.05, 0) is 13.0 Å². The number of aromatic nitrogens is 5. The molecule has 1 aliphatic rings. The van der Waals surface area contributed by atoms with Crippen molar-refractivity contribution >= 4 is 11.3 Å². The van der Waals surface area contributed by atoms with Gasteiger partial charge in [0.25, 0.3) is 0 Å². The van der Waals surface area contributed by atoms with E-state index in [4.69, 9.17) is 4.74 Å². The van der Waals surface area contributed by atoms with Crippen LogP contribution in [0.25, 0.3) is 5.00 Å². The van der Waals surface area contributed by atoms with E-state index < -0.39 is 0 Å². The maximum absolute atomic E-state index is 5.66. The molecule has 0 spiro atoms. The third-order valence-electron chi connectivity index (χ3n) is 3.41. The first-order valence-corrected chi connectivity index (χ1v) is 7.65. The van der Waals surface area contributed by atoms with Gasteiger partial charge in [-0.25, -0.2) is 0 Å². The highest BCUT2D eigenvalue weighted by molar-refractivity contribution is 7.15. The van der Waals surface area contributed by atoms with Crippen molar-refractivity contribution in [2.24, 2.45) is 7.05 Å². The summed E-state index contributed by atoms with van der Waals surface area (Å²) in [4.78, 5) is 0.999. The van der Waals surface area contributed by atoms with E-state index in [0.717, 1.165) is 32.7 Å². The van der Waals surface area contributed by atoms with Gasteiger partial charge < -0.3 is 4.74 Å². The molecule has 110 valence electrons. The van der Waals surface area contributed by atoms with Gasteiger partial charge in [0.15, 0.2) is 5.82 Å². The molecule has 3 aromatic rings. The normalized spacial score (nSPS) is 13.0. The minimum Gasteiger partial charge on any atom is -0.369 e. The van der Waals surface area contributed by atoms with Crippen LogP contribution in [0.1, 0.15) is 27.7 Å². The topological polar surface area (TPSA) is 57.8 Å². The fourth-order valence-corrected chi connectivity index (χ4v) is 3.50. The van der Waals surface area contributed by atoms with Crippen molar-refractivity contribution in [2.75, 3.05) is 0 Å². The molecule has 6 nitrogen and oxygen atoms in total. The second kappa shape index (κ2) is 5.09. The van der Waals surface area contributed by atoms with E-state index in [1.165, 1.54) is 0 Å². The monoisotopic (exact) mass is 311 g/mol. The smallest absolute Gasteiger partial charge is 0.164 e. The van der Waals surface area contributed by atoms with Crippen LogP contribution in [0.2, 0.25) is 0 Å². The zero-order valence-electron chi connectivity index (χ0n) is 12.2. The summed E-state index contributed by atoms with van der Waals surface area (Å²) in [5.41, 5.74) is 2.03. The lowest BCUT2D eigenvalue weighted by Gasteiger charge is -2.02. The summed E-state index contributed by atoms with van der Waals surface area (Å²) in [6, 6.07) is 2.08. The zero-order valence-corrected chi connectivity index (χ0v) is 13.0. The van der Waals surface area contributed by atoms with E-state index in [1.807, 2.05) is 20.2 Å². The third kappa shape index (κ3) is 2.22. The van der Waals surface area contributed by atoms with Gasteiger partial charge in [-0.2, -0.15) is 5.10 Å². The molecule has 0 saturated carbocycles. The first-order valence-electron chi connectivity index (χ1n) is 6.83. The first kappa shape index (κ1) is 13.2. The number of fused-ring (bicyclic) bond motifs is 3. The molecule has 0 unspecified atom stereocenters. The summed E-state index contributed by atoms with van der Waals surface area (Å²) in [6.45, 7) is 3.01. The van der Waals surface area contributed by atoms with Crippen LogP contribution in [0.5, 0.6) is 0 Å². The van der Waals surface area contributed by atoms with Crippen molar-refractivity contribution in [3.05, 3.63) is 46.1 Å². The average molecular weight is 311 g/mol. The summed E-state index contributed by atoms with van der Waals surface area (Å²) in [5.74, 6) is 8.04. The molecular weight excluding hydrogens is 298 g/mol. The molecule has 0 amide bonds. The van der Waals surface area contributed by atoms with E-state index in [0.29, 0.717) is 13.2 Å². The van der Waals surface area contributed by atoms with Gasteiger partial charge >= 0.3 is 0 Å². The molecule has 3 aromatic heterocycles. The molecule has 0 aliphatic carbocycles. The van der Waals surface area contributed by atoms with Crippen LogP contribution >= 0.6 is 11.3 Å². The van der Waals surface area contributed by atoms with Gasteiger partial charge in [-0.3, -0.25) is 9.25 Å². The van der Waals surface area contributed by atoms with Crippen molar-refractivity contribution < 1.29 is 4.74 Å². The van der Waals surface area contributed by atoms with Crippen LogP contribution in [0.15, 0.2) is 18.5 Å². The van der Waals surface area contributed by atoms with Crippen molar-refractivity contribution in [1.29, 1.82) is 0 Å². The Hall–Kier alpha value is -2.43. The molecular formula is C15H13N5OS. The molecule has 7 heteroatoms.